The number of rotatable bonds is 9. The molecule has 0 aliphatic rings. The van der Waals surface area contributed by atoms with Gasteiger partial charge < -0.3 is 14.7 Å². The number of hydrogen-bond donors (Lipinski definition) is 1. The molecule has 0 atom stereocenters. The lowest BCUT2D eigenvalue weighted by molar-refractivity contribution is -0.133. The van der Waals surface area contributed by atoms with Crippen LogP contribution in [0.2, 0.25) is 5.02 Å². The highest BCUT2D eigenvalue weighted by Crippen LogP contribution is 2.14. The standard InChI is InChI=1S/C18H23ClN4O3/c1-3-6-15-21-17(26-22-15)9-5-10-18(25)23(2)12-16(24)20-14-8-4-7-13(19)11-14/h4,7-8,11H,3,5-6,9-10,12H2,1-2H3,(H,20,24). The summed E-state index contributed by atoms with van der Waals surface area (Å²) in [6.07, 6.45) is 3.19. The zero-order valence-electron chi connectivity index (χ0n) is 15.0. The van der Waals surface area contributed by atoms with E-state index in [0.717, 1.165) is 12.8 Å². The molecule has 1 N–H and O–H groups in total. The van der Waals surface area contributed by atoms with Crippen LogP contribution in [-0.4, -0.2) is 40.4 Å². The molecule has 0 unspecified atom stereocenters. The predicted molar refractivity (Wildman–Crippen MR) is 98.9 cm³/mol. The maximum atomic E-state index is 12.1. The van der Waals surface area contributed by atoms with Crippen molar-refractivity contribution < 1.29 is 14.1 Å². The average molecular weight is 379 g/mol. The SMILES string of the molecule is CCCc1noc(CCCC(=O)N(C)CC(=O)Nc2cccc(Cl)c2)n1. The van der Waals surface area contributed by atoms with Gasteiger partial charge in [-0.2, -0.15) is 4.98 Å². The molecule has 0 radical (unpaired) electrons. The van der Waals surface area contributed by atoms with E-state index in [1.165, 1.54) is 4.90 Å². The summed E-state index contributed by atoms with van der Waals surface area (Å²) in [6, 6.07) is 6.86. The quantitative estimate of drug-likeness (QED) is 0.724. The zero-order valence-corrected chi connectivity index (χ0v) is 15.8. The van der Waals surface area contributed by atoms with Crippen LogP contribution in [0, 0.1) is 0 Å². The summed E-state index contributed by atoms with van der Waals surface area (Å²) >= 11 is 5.88. The van der Waals surface area contributed by atoms with E-state index in [1.807, 2.05) is 6.92 Å². The van der Waals surface area contributed by atoms with Gasteiger partial charge in [-0.1, -0.05) is 29.7 Å². The number of aromatic nitrogens is 2. The molecule has 0 spiro atoms. The van der Waals surface area contributed by atoms with E-state index in [1.54, 1.807) is 31.3 Å². The molecule has 0 saturated carbocycles. The van der Waals surface area contributed by atoms with Crippen LogP contribution >= 0.6 is 11.6 Å². The number of aryl methyl sites for hydroxylation is 2. The number of nitrogens with one attached hydrogen (secondary N) is 1. The van der Waals surface area contributed by atoms with Crippen molar-refractivity contribution in [1.82, 2.24) is 15.0 Å². The molecular formula is C18H23ClN4O3. The number of halogens is 1. The van der Waals surface area contributed by atoms with Gasteiger partial charge in [0.1, 0.15) is 0 Å². The van der Waals surface area contributed by atoms with Crippen molar-refractivity contribution in [3.8, 4) is 0 Å². The maximum Gasteiger partial charge on any atom is 0.243 e. The Kier molecular flexibility index (Phi) is 7.59. The fraction of sp³-hybridized carbons (Fsp3) is 0.444. The third kappa shape index (κ3) is 6.48. The van der Waals surface area contributed by atoms with Crippen molar-refractivity contribution in [2.75, 3.05) is 18.9 Å². The molecule has 1 heterocycles. The Morgan fingerprint density at radius 1 is 1.31 bits per heavy atom. The normalized spacial score (nSPS) is 10.6. The maximum absolute atomic E-state index is 12.1. The van der Waals surface area contributed by atoms with Gasteiger partial charge in [-0.3, -0.25) is 9.59 Å². The second kappa shape index (κ2) is 9.91. The largest absolute Gasteiger partial charge is 0.339 e. The fourth-order valence-electron chi connectivity index (χ4n) is 2.37. The highest BCUT2D eigenvalue weighted by atomic mass is 35.5. The van der Waals surface area contributed by atoms with E-state index >= 15 is 0 Å². The number of likely N-dealkylation sites (N-methyl/N-ethyl adjacent to an activating group) is 1. The van der Waals surface area contributed by atoms with Crippen LogP contribution < -0.4 is 5.32 Å². The van der Waals surface area contributed by atoms with Crippen molar-refractivity contribution in [2.45, 2.75) is 39.0 Å². The summed E-state index contributed by atoms with van der Waals surface area (Å²) in [4.78, 5) is 29.8. The van der Waals surface area contributed by atoms with Gasteiger partial charge in [0.2, 0.25) is 17.7 Å². The minimum atomic E-state index is -0.274. The van der Waals surface area contributed by atoms with Crippen molar-refractivity contribution in [3.05, 3.63) is 41.0 Å². The van der Waals surface area contributed by atoms with Crippen LogP contribution in [0.15, 0.2) is 28.8 Å². The number of amides is 2. The molecular weight excluding hydrogens is 356 g/mol. The van der Waals surface area contributed by atoms with Gasteiger partial charge in [-0.15, -0.1) is 0 Å². The molecule has 1 aromatic carbocycles. The molecule has 0 fully saturated rings. The van der Waals surface area contributed by atoms with E-state index in [0.29, 0.717) is 41.7 Å². The van der Waals surface area contributed by atoms with Crippen molar-refractivity contribution in [1.29, 1.82) is 0 Å². The number of carbonyl (C=O) groups excluding carboxylic acids is 2. The molecule has 26 heavy (non-hydrogen) atoms. The molecule has 2 rings (SSSR count). The minimum Gasteiger partial charge on any atom is -0.339 e. The van der Waals surface area contributed by atoms with Crippen LogP contribution in [0.25, 0.3) is 0 Å². The third-order valence-corrected chi connectivity index (χ3v) is 3.92. The smallest absolute Gasteiger partial charge is 0.243 e. The molecule has 140 valence electrons. The Morgan fingerprint density at radius 3 is 2.85 bits per heavy atom. The van der Waals surface area contributed by atoms with Gasteiger partial charge in [0.15, 0.2) is 5.82 Å². The van der Waals surface area contributed by atoms with Crippen LogP contribution in [0.5, 0.6) is 0 Å². The number of benzene rings is 1. The summed E-state index contributed by atoms with van der Waals surface area (Å²) in [5.74, 6) is 0.856. The minimum absolute atomic E-state index is 0.0213. The molecule has 2 amide bonds. The highest BCUT2D eigenvalue weighted by Gasteiger charge is 2.14. The number of carbonyl (C=O) groups is 2. The summed E-state index contributed by atoms with van der Waals surface area (Å²) in [5, 5.41) is 7.13. The van der Waals surface area contributed by atoms with Crippen molar-refractivity contribution in [3.63, 3.8) is 0 Å². The first-order valence-corrected chi connectivity index (χ1v) is 8.96. The Balaban J connectivity index is 1.71. The monoisotopic (exact) mass is 378 g/mol. The second-order valence-corrected chi connectivity index (χ2v) is 6.45. The van der Waals surface area contributed by atoms with Gasteiger partial charge in [0.25, 0.3) is 0 Å². The lowest BCUT2D eigenvalue weighted by Gasteiger charge is -2.16. The summed E-state index contributed by atoms with van der Waals surface area (Å²) in [6.45, 7) is 2.03. The van der Waals surface area contributed by atoms with Gasteiger partial charge in [-0.25, -0.2) is 0 Å². The number of hydrogen-bond acceptors (Lipinski definition) is 5. The first-order valence-electron chi connectivity index (χ1n) is 8.58. The predicted octanol–water partition coefficient (Wildman–Crippen LogP) is 3.10. The second-order valence-electron chi connectivity index (χ2n) is 6.02. The highest BCUT2D eigenvalue weighted by molar-refractivity contribution is 6.30. The fourth-order valence-corrected chi connectivity index (χ4v) is 2.56. The first-order chi connectivity index (χ1) is 12.5. The number of anilines is 1. The Labute approximate surface area is 157 Å². The van der Waals surface area contributed by atoms with Crippen molar-refractivity contribution in [2.24, 2.45) is 0 Å². The summed E-state index contributed by atoms with van der Waals surface area (Å²) < 4.78 is 5.14. The number of nitrogens with zero attached hydrogens (tertiary/aromatic N) is 3. The molecule has 8 heteroatoms. The first kappa shape index (κ1) is 19.9. The summed E-state index contributed by atoms with van der Waals surface area (Å²) in [7, 11) is 1.60. The molecule has 0 saturated heterocycles. The zero-order chi connectivity index (χ0) is 18.9. The van der Waals surface area contributed by atoms with Crippen LogP contribution in [-0.2, 0) is 22.4 Å². The Morgan fingerprint density at radius 2 is 2.12 bits per heavy atom. The van der Waals surface area contributed by atoms with Crippen LogP contribution in [0.4, 0.5) is 5.69 Å². The molecule has 1 aromatic heterocycles. The third-order valence-electron chi connectivity index (χ3n) is 3.68. The van der Waals surface area contributed by atoms with Gasteiger partial charge in [-0.05, 0) is 31.0 Å². The molecule has 0 bridgehead atoms. The van der Waals surface area contributed by atoms with E-state index in [2.05, 4.69) is 15.5 Å². The van der Waals surface area contributed by atoms with Crippen molar-refractivity contribution >= 4 is 29.1 Å². The van der Waals surface area contributed by atoms with Gasteiger partial charge in [0, 0.05) is 37.0 Å². The molecule has 0 aliphatic carbocycles. The van der Waals surface area contributed by atoms with E-state index < -0.39 is 0 Å². The Bertz CT molecular complexity index is 748. The lowest BCUT2D eigenvalue weighted by atomic mass is 10.2. The molecule has 0 aliphatic heterocycles. The van der Waals surface area contributed by atoms with E-state index in [9.17, 15) is 9.59 Å². The van der Waals surface area contributed by atoms with Crippen LogP contribution in [0.1, 0.15) is 37.9 Å². The molecule has 2 aromatic rings. The van der Waals surface area contributed by atoms with E-state index in [4.69, 9.17) is 16.1 Å². The average Bonchev–Trinajstić information content (AvgIpc) is 3.02. The summed E-state index contributed by atoms with van der Waals surface area (Å²) in [5.41, 5.74) is 0.600. The van der Waals surface area contributed by atoms with Gasteiger partial charge in [0.05, 0.1) is 6.54 Å². The molecule has 7 nitrogen and oxygen atoms in total. The Hall–Kier alpha value is -2.41. The topological polar surface area (TPSA) is 88.3 Å². The lowest BCUT2D eigenvalue weighted by Crippen LogP contribution is -2.34. The van der Waals surface area contributed by atoms with Crippen LogP contribution in [0.3, 0.4) is 0 Å². The van der Waals surface area contributed by atoms with E-state index in [-0.39, 0.29) is 18.4 Å². The van der Waals surface area contributed by atoms with Gasteiger partial charge >= 0.3 is 0 Å².